The van der Waals surface area contributed by atoms with E-state index in [1.165, 1.54) is 0 Å². The molecule has 0 amide bonds. The predicted octanol–water partition coefficient (Wildman–Crippen LogP) is 3.23. The van der Waals surface area contributed by atoms with Crippen LogP contribution in [0.25, 0.3) is 11.0 Å². The van der Waals surface area contributed by atoms with Crippen LogP contribution in [0.15, 0.2) is 12.3 Å². The summed E-state index contributed by atoms with van der Waals surface area (Å²) < 4.78 is 2.21. The highest BCUT2D eigenvalue weighted by atomic mass is 35.5. The molecule has 0 aliphatic rings. The summed E-state index contributed by atoms with van der Waals surface area (Å²) in [4.78, 5) is 8.57. The van der Waals surface area contributed by atoms with Crippen LogP contribution in [0.4, 0.5) is 0 Å². The van der Waals surface area contributed by atoms with Gasteiger partial charge in [-0.25, -0.2) is 9.97 Å². The Morgan fingerprint density at radius 2 is 2.20 bits per heavy atom. The van der Waals surface area contributed by atoms with Crippen LogP contribution in [0.3, 0.4) is 0 Å². The standard InChI is InChI=1S/C11H14ClN3/c1-4-9-14-10-8(15(9)7(2)3)5-6-13-11(10)12/h5-7H,4H2,1-3H3. The fourth-order valence-corrected chi connectivity index (χ4v) is 2.06. The minimum Gasteiger partial charge on any atom is -0.325 e. The van der Waals surface area contributed by atoms with Crippen LogP contribution in [0.2, 0.25) is 5.15 Å². The molecule has 3 nitrogen and oxygen atoms in total. The maximum atomic E-state index is 6.02. The fraction of sp³-hybridized carbons (Fsp3) is 0.455. The third-order valence-corrected chi connectivity index (χ3v) is 2.75. The number of hydrogen-bond donors (Lipinski definition) is 0. The molecule has 0 spiro atoms. The molecule has 2 aromatic heterocycles. The van der Waals surface area contributed by atoms with Crippen molar-refractivity contribution in [2.45, 2.75) is 33.2 Å². The van der Waals surface area contributed by atoms with Crippen LogP contribution in [0.1, 0.15) is 32.6 Å². The summed E-state index contributed by atoms with van der Waals surface area (Å²) >= 11 is 6.02. The maximum absolute atomic E-state index is 6.02. The Morgan fingerprint density at radius 1 is 1.47 bits per heavy atom. The zero-order valence-corrected chi connectivity index (χ0v) is 9.91. The highest BCUT2D eigenvalue weighted by Crippen LogP contribution is 2.25. The van der Waals surface area contributed by atoms with Crippen molar-refractivity contribution >= 4 is 22.6 Å². The molecule has 0 unspecified atom stereocenters. The van der Waals surface area contributed by atoms with Gasteiger partial charge in [-0.15, -0.1) is 0 Å². The third-order valence-electron chi connectivity index (χ3n) is 2.47. The Hall–Kier alpha value is -1.09. The van der Waals surface area contributed by atoms with E-state index in [9.17, 15) is 0 Å². The number of rotatable bonds is 2. The lowest BCUT2D eigenvalue weighted by Crippen LogP contribution is -2.05. The van der Waals surface area contributed by atoms with Gasteiger partial charge in [-0.05, 0) is 19.9 Å². The number of aryl methyl sites for hydroxylation is 1. The molecule has 0 saturated heterocycles. The number of halogens is 1. The zero-order valence-electron chi connectivity index (χ0n) is 9.16. The number of aromatic nitrogens is 3. The van der Waals surface area contributed by atoms with E-state index < -0.39 is 0 Å². The van der Waals surface area contributed by atoms with Crippen molar-refractivity contribution in [1.29, 1.82) is 0 Å². The summed E-state index contributed by atoms with van der Waals surface area (Å²) in [6.07, 6.45) is 2.63. The van der Waals surface area contributed by atoms with Gasteiger partial charge in [-0.1, -0.05) is 18.5 Å². The molecule has 2 heterocycles. The lowest BCUT2D eigenvalue weighted by atomic mass is 10.3. The zero-order chi connectivity index (χ0) is 11.0. The van der Waals surface area contributed by atoms with Crippen LogP contribution in [0, 0.1) is 0 Å². The van der Waals surface area contributed by atoms with E-state index in [4.69, 9.17) is 11.6 Å². The van der Waals surface area contributed by atoms with Crippen molar-refractivity contribution in [3.8, 4) is 0 Å². The minimum absolute atomic E-state index is 0.392. The van der Waals surface area contributed by atoms with E-state index >= 15 is 0 Å². The second-order valence-electron chi connectivity index (χ2n) is 3.81. The van der Waals surface area contributed by atoms with Crippen LogP contribution in [0.5, 0.6) is 0 Å². The van der Waals surface area contributed by atoms with Gasteiger partial charge < -0.3 is 4.57 Å². The molecular formula is C11H14ClN3. The van der Waals surface area contributed by atoms with Gasteiger partial charge in [0.15, 0.2) is 5.15 Å². The Balaban J connectivity index is 2.80. The molecule has 2 aromatic rings. The average molecular weight is 224 g/mol. The lowest BCUT2D eigenvalue weighted by Gasteiger charge is -2.11. The molecule has 0 aromatic carbocycles. The van der Waals surface area contributed by atoms with Crippen LogP contribution in [-0.4, -0.2) is 14.5 Å². The first-order valence-electron chi connectivity index (χ1n) is 5.16. The van der Waals surface area contributed by atoms with E-state index in [-0.39, 0.29) is 0 Å². The van der Waals surface area contributed by atoms with E-state index in [2.05, 4.69) is 35.3 Å². The van der Waals surface area contributed by atoms with E-state index in [0.717, 1.165) is 23.3 Å². The second-order valence-corrected chi connectivity index (χ2v) is 4.17. The Bertz CT molecular complexity index is 488. The van der Waals surface area contributed by atoms with E-state index in [1.807, 2.05) is 6.07 Å². The van der Waals surface area contributed by atoms with Gasteiger partial charge in [0.05, 0.1) is 5.52 Å². The van der Waals surface area contributed by atoms with Gasteiger partial charge in [0.1, 0.15) is 11.3 Å². The first-order chi connectivity index (χ1) is 7.15. The van der Waals surface area contributed by atoms with E-state index in [0.29, 0.717) is 11.2 Å². The smallest absolute Gasteiger partial charge is 0.156 e. The number of fused-ring (bicyclic) bond motifs is 1. The van der Waals surface area contributed by atoms with Gasteiger partial charge in [0.2, 0.25) is 0 Å². The van der Waals surface area contributed by atoms with Gasteiger partial charge in [0.25, 0.3) is 0 Å². The summed E-state index contributed by atoms with van der Waals surface area (Å²) in [6.45, 7) is 6.39. The summed E-state index contributed by atoms with van der Waals surface area (Å²) in [5, 5.41) is 0.488. The van der Waals surface area contributed by atoms with Gasteiger partial charge in [-0.2, -0.15) is 0 Å². The largest absolute Gasteiger partial charge is 0.325 e. The van der Waals surface area contributed by atoms with Crippen molar-refractivity contribution in [2.24, 2.45) is 0 Å². The molecule has 0 aliphatic carbocycles. The maximum Gasteiger partial charge on any atom is 0.156 e. The van der Waals surface area contributed by atoms with Crippen molar-refractivity contribution in [3.63, 3.8) is 0 Å². The van der Waals surface area contributed by atoms with Crippen molar-refractivity contribution in [2.75, 3.05) is 0 Å². The highest BCUT2D eigenvalue weighted by Gasteiger charge is 2.13. The monoisotopic (exact) mass is 223 g/mol. The fourth-order valence-electron chi connectivity index (χ4n) is 1.86. The Kier molecular flexibility index (Phi) is 2.65. The average Bonchev–Trinajstić information content (AvgIpc) is 2.57. The molecular weight excluding hydrogens is 210 g/mol. The van der Waals surface area contributed by atoms with Crippen molar-refractivity contribution in [3.05, 3.63) is 23.2 Å². The molecule has 4 heteroatoms. The highest BCUT2D eigenvalue weighted by molar-refractivity contribution is 6.33. The normalized spacial score (nSPS) is 11.5. The quantitative estimate of drug-likeness (QED) is 0.732. The SMILES string of the molecule is CCc1nc2c(Cl)nccc2n1C(C)C. The molecule has 0 N–H and O–H groups in total. The molecule has 0 atom stereocenters. The number of pyridine rings is 1. The van der Waals surface area contributed by atoms with Crippen LogP contribution in [-0.2, 0) is 6.42 Å². The lowest BCUT2D eigenvalue weighted by molar-refractivity contribution is 0.588. The van der Waals surface area contributed by atoms with Gasteiger partial charge in [-0.3, -0.25) is 0 Å². The summed E-state index contributed by atoms with van der Waals surface area (Å²) in [7, 11) is 0. The molecule has 2 rings (SSSR count). The van der Waals surface area contributed by atoms with Crippen molar-refractivity contribution in [1.82, 2.24) is 14.5 Å². The predicted molar refractivity (Wildman–Crippen MR) is 62.3 cm³/mol. The van der Waals surface area contributed by atoms with Crippen LogP contribution < -0.4 is 0 Å². The summed E-state index contributed by atoms with van der Waals surface area (Å²) in [5.74, 6) is 1.06. The summed E-state index contributed by atoms with van der Waals surface area (Å²) in [5.41, 5.74) is 1.88. The van der Waals surface area contributed by atoms with Gasteiger partial charge >= 0.3 is 0 Å². The topological polar surface area (TPSA) is 30.7 Å². The second kappa shape index (κ2) is 3.81. The van der Waals surface area contributed by atoms with Crippen molar-refractivity contribution < 1.29 is 0 Å². The Labute approximate surface area is 94.1 Å². The molecule has 80 valence electrons. The third kappa shape index (κ3) is 1.61. The molecule has 0 saturated carbocycles. The molecule has 15 heavy (non-hydrogen) atoms. The minimum atomic E-state index is 0.392. The molecule has 0 aliphatic heterocycles. The van der Waals surface area contributed by atoms with Gasteiger partial charge in [0, 0.05) is 18.7 Å². The molecule has 0 bridgehead atoms. The van der Waals surface area contributed by atoms with E-state index in [1.54, 1.807) is 6.20 Å². The molecule has 0 radical (unpaired) electrons. The first-order valence-corrected chi connectivity index (χ1v) is 5.54. The first kappa shape index (κ1) is 10.4. The summed E-state index contributed by atoms with van der Waals surface area (Å²) in [6, 6.07) is 2.36. The molecule has 0 fully saturated rings. The number of imidazole rings is 1. The van der Waals surface area contributed by atoms with Crippen LogP contribution >= 0.6 is 11.6 Å². The number of hydrogen-bond acceptors (Lipinski definition) is 2. The number of nitrogens with zero attached hydrogens (tertiary/aromatic N) is 3. The Morgan fingerprint density at radius 3 is 2.80 bits per heavy atom.